The highest BCUT2D eigenvalue weighted by Crippen LogP contribution is 2.28. The number of nitro benzene ring substituents is 1. The number of halogens is 2. The van der Waals surface area contributed by atoms with Crippen molar-refractivity contribution in [3.8, 4) is 5.75 Å². The molecule has 0 aliphatic rings. The van der Waals surface area contributed by atoms with Gasteiger partial charge in [0.1, 0.15) is 10.6 Å². The van der Waals surface area contributed by atoms with Crippen molar-refractivity contribution >= 4 is 43.3 Å². The number of benzene rings is 2. The number of non-ortho nitro benzene ring substituents is 1. The molecule has 2 rings (SSSR count). The molecule has 0 heterocycles. The first-order chi connectivity index (χ1) is 9.79. The van der Waals surface area contributed by atoms with Crippen LogP contribution in [0.15, 0.2) is 51.8 Å². The molecule has 0 amide bonds. The number of nitro groups is 1. The molecule has 0 aliphatic carbocycles. The Kier molecular flexibility index (Phi) is 4.50. The van der Waals surface area contributed by atoms with Gasteiger partial charge in [-0.05, 0) is 30.3 Å². The van der Waals surface area contributed by atoms with Crippen LogP contribution in [0, 0.1) is 10.1 Å². The maximum atomic E-state index is 12.1. The van der Waals surface area contributed by atoms with Gasteiger partial charge < -0.3 is 4.18 Å². The normalized spacial score (nSPS) is 11.1. The summed E-state index contributed by atoms with van der Waals surface area (Å²) >= 11 is 9.04. The molecule has 0 fully saturated rings. The van der Waals surface area contributed by atoms with E-state index in [1.807, 2.05) is 0 Å². The van der Waals surface area contributed by atoms with E-state index in [1.165, 1.54) is 30.3 Å². The molecule has 0 saturated carbocycles. The van der Waals surface area contributed by atoms with Gasteiger partial charge in [0.2, 0.25) is 0 Å². The molecule has 0 N–H and O–H groups in total. The molecule has 21 heavy (non-hydrogen) atoms. The Morgan fingerprint density at radius 3 is 2.29 bits per heavy atom. The van der Waals surface area contributed by atoms with Crippen LogP contribution in [-0.4, -0.2) is 13.3 Å². The van der Waals surface area contributed by atoms with Crippen molar-refractivity contribution in [3.63, 3.8) is 0 Å². The molecule has 2 aromatic rings. The fraction of sp³-hybridized carbons (Fsp3) is 0. The van der Waals surface area contributed by atoms with Crippen molar-refractivity contribution in [2.24, 2.45) is 0 Å². The van der Waals surface area contributed by atoms with Gasteiger partial charge in [-0.15, -0.1) is 0 Å². The first kappa shape index (κ1) is 15.7. The maximum absolute atomic E-state index is 12.1. The fourth-order valence-corrected chi connectivity index (χ4v) is 3.42. The summed E-state index contributed by atoms with van der Waals surface area (Å²) in [4.78, 5) is 9.74. The summed E-state index contributed by atoms with van der Waals surface area (Å²) in [6.45, 7) is 0. The number of hydrogen-bond acceptors (Lipinski definition) is 5. The Bertz CT molecular complexity index is 792. The highest BCUT2D eigenvalue weighted by molar-refractivity contribution is 9.10. The van der Waals surface area contributed by atoms with Gasteiger partial charge in [0, 0.05) is 16.6 Å². The van der Waals surface area contributed by atoms with E-state index < -0.39 is 15.0 Å². The lowest BCUT2D eigenvalue weighted by Gasteiger charge is -2.08. The van der Waals surface area contributed by atoms with Crippen molar-refractivity contribution < 1.29 is 17.5 Å². The molecule has 9 heteroatoms. The van der Waals surface area contributed by atoms with Crippen LogP contribution in [0.5, 0.6) is 5.75 Å². The molecule has 2 aromatic carbocycles. The summed E-state index contributed by atoms with van der Waals surface area (Å²) in [6.07, 6.45) is 0. The van der Waals surface area contributed by atoms with Crippen LogP contribution in [0.1, 0.15) is 0 Å². The minimum absolute atomic E-state index is 0.00582. The molecular weight excluding hydrogens is 386 g/mol. The Balaban J connectivity index is 2.30. The Hall–Kier alpha value is -1.64. The SMILES string of the molecule is O=[N+]([O-])c1ccc(OS(=O)(=O)c2ccc(Br)cc2Cl)cc1. The summed E-state index contributed by atoms with van der Waals surface area (Å²) in [5, 5.41) is 10.5. The van der Waals surface area contributed by atoms with Crippen molar-refractivity contribution in [2.45, 2.75) is 4.90 Å². The molecule has 0 radical (unpaired) electrons. The van der Waals surface area contributed by atoms with Gasteiger partial charge in [-0.2, -0.15) is 8.42 Å². The van der Waals surface area contributed by atoms with E-state index in [0.717, 1.165) is 12.1 Å². The van der Waals surface area contributed by atoms with E-state index in [0.29, 0.717) is 4.47 Å². The molecular formula is C12H7BrClNO5S. The molecule has 110 valence electrons. The van der Waals surface area contributed by atoms with Crippen LogP contribution < -0.4 is 4.18 Å². The quantitative estimate of drug-likeness (QED) is 0.449. The smallest absolute Gasteiger partial charge is 0.340 e. The van der Waals surface area contributed by atoms with Crippen molar-refractivity contribution in [1.29, 1.82) is 0 Å². The number of hydrogen-bond donors (Lipinski definition) is 0. The van der Waals surface area contributed by atoms with E-state index in [4.69, 9.17) is 15.8 Å². The zero-order valence-electron chi connectivity index (χ0n) is 10.2. The van der Waals surface area contributed by atoms with Crippen molar-refractivity contribution in [1.82, 2.24) is 0 Å². The van der Waals surface area contributed by atoms with Crippen LogP contribution in [-0.2, 0) is 10.1 Å². The van der Waals surface area contributed by atoms with E-state index in [1.54, 1.807) is 0 Å². The summed E-state index contributed by atoms with van der Waals surface area (Å²) in [5.41, 5.74) is -0.165. The predicted octanol–water partition coefficient (Wildman–Crippen LogP) is 3.78. The van der Waals surface area contributed by atoms with E-state index in [-0.39, 0.29) is 21.4 Å². The van der Waals surface area contributed by atoms with Gasteiger partial charge in [-0.1, -0.05) is 27.5 Å². The standard InChI is InChI=1S/C12H7BrClNO5S/c13-8-1-6-12(11(14)7-8)21(18,19)20-10-4-2-9(3-5-10)15(16)17/h1-7H. The number of rotatable bonds is 4. The van der Waals surface area contributed by atoms with Crippen molar-refractivity contribution in [2.75, 3.05) is 0 Å². The lowest BCUT2D eigenvalue weighted by atomic mass is 10.3. The second-order valence-electron chi connectivity index (χ2n) is 3.86. The molecule has 0 unspecified atom stereocenters. The summed E-state index contributed by atoms with van der Waals surface area (Å²) in [6, 6.07) is 8.92. The predicted molar refractivity (Wildman–Crippen MR) is 80.1 cm³/mol. The van der Waals surface area contributed by atoms with E-state index in [2.05, 4.69) is 15.9 Å². The summed E-state index contributed by atoms with van der Waals surface area (Å²) in [5.74, 6) is -0.0421. The van der Waals surface area contributed by atoms with E-state index >= 15 is 0 Å². The third-order valence-electron chi connectivity index (χ3n) is 2.42. The zero-order chi connectivity index (χ0) is 15.6. The number of nitrogens with zero attached hydrogens (tertiary/aromatic N) is 1. The summed E-state index contributed by atoms with van der Waals surface area (Å²) in [7, 11) is -4.12. The maximum Gasteiger partial charge on any atom is 0.340 e. The third-order valence-corrected chi connectivity index (χ3v) is 4.64. The van der Waals surface area contributed by atoms with Gasteiger partial charge in [0.05, 0.1) is 9.95 Å². The topological polar surface area (TPSA) is 86.5 Å². The van der Waals surface area contributed by atoms with Crippen molar-refractivity contribution in [3.05, 3.63) is 62.1 Å². The molecule has 0 atom stereocenters. The average Bonchev–Trinajstić information content (AvgIpc) is 2.38. The Morgan fingerprint density at radius 1 is 1.14 bits per heavy atom. The third kappa shape index (κ3) is 3.72. The van der Waals surface area contributed by atoms with Crippen LogP contribution >= 0.6 is 27.5 Å². The van der Waals surface area contributed by atoms with Gasteiger partial charge in [-0.3, -0.25) is 10.1 Å². The Morgan fingerprint density at radius 2 is 1.76 bits per heavy atom. The van der Waals surface area contributed by atoms with Gasteiger partial charge in [0.25, 0.3) is 5.69 Å². The lowest BCUT2D eigenvalue weighted by molar-refractivity contribution is -0.384. The highest BCUT2D eigenvalue weighted by atomic mass is 79.9. The minimum atomic E-state index is -4.12. The molecule has 0 saturated heterocycles. The van der Waals surface area contributed by atoms with E-state index in [9.17, 15) is 18.5 Å². The molecule has 0 aliphatic heterocycles. The molecule has 0 aromatic heterocycles. The average molecular weight is 393 g/mol. The molecule has 0 spiro atoms. The van der Waals surface area contributed by atoms with Crippen LogP contribution in [0.4, 0.5) is 5.69 Å². The lowest BCUT2D eigenvalue weighted by Crippen LogP contribution is -2.10. The first-order valence-corrected chi connectivity index (χ1v) is 8.01. The largest absolute Gasteiger partial charge is 0.379 e. The zero-order valence-corrected chi connectivity index (χ0v) is 13.4. The van der Waals surface area contributed by atoms with Gasteiger partial charge >= 0.3 is 10.1 Å². The molecule has 0 bridgehead atoms. The van der Waals surface area contributed by atoms with Crippen LogP contribution in [0.3, 0.4) is 0 Å². The minimum Gasteiger partial charge on any atom is -0.379 e. The van der Waals surface area contributed by atoms with Crippen LogP contribution in [0.25, 0.3) is 0 Å². The first-order valence-electron chi connectivity index (χ1n) is 5.43. The summed E-state index contributed by atoms with van der Waals surface area (Å²) < 4.78 is 29.7. The Labute approximate surface area is 133 Å². The monoisotopic (exact) mass is 391 g/mol. The van der Waals surface area contributed by atoms with Crippen LogP contribution in [0.2, 0.25) is 5.02 Å². The van der Waals surface area contributed by atoms with Gasteiger partial charge in [-0.25, -0.2) is 0 Å². The fourth-order valence-electron chi connectivity index (χ4n) is 1.47. The van der Waals surface area contributed by atoms with Gasteiger partial charge in [0.15, 0.2) is 0 Å². The second-order valence-corrected chi connectivity index (χ2v) is 6.70. The highest BCUT2D eigenvalue weighted by Gasteiger charge is 2.20. The molecule has 6 nitrogen and oxygen atoms in total. The second kappa shape index (κ2) is 6.00.